The first-order valence-corrected chi connectivity index (χ1v) is 10.4. The Hall–Kier alpha value is -0.810. The van der Waals surface area contributed by atoms with Crippen molar-refractivity contribution >= 4 is 47.6 Å². The van der Waals surface area contributed by atoms with Gasteiger partial charge in [-0.1, -0.05) is 6.92 Å². The van der Waals surface area contributed by atoms with Gasteiger partial charge in [0.05, 0.1) is 0 Å². The van der Waals surface area contributed by atoms with Crippen LogP contribution in [0.3, 0.4) is 0 Å². The molecule has 1 aromatic rings. The van der Waals surface area contributed by atoms with E-state index < -0.39 is 0 Å². The Morgan fingerprint density at radius 1 is 1.22 bits per heavy atom. The zero-order chi connectivity index (χ0) is 18.2. The number of aromatic nitrogens is 2. The molecule has 1 N–H and O–H groups in total. The van der Waals surface area contributed by atoms with Gasteiger partial charge in [-0.25, -0.2) is 9.97 Å². The lowest BCUT2D eigenvalue weighted by molar-refractivity contribution is 0.0780. The third-order valence-electron chi connectivity index (χ3n) is 5.05. The topological polar surface area (TPSA) is 65.9 Å². The van der Waals surface area contributed by atoms with Crippen molar-refractivity contribution < 1.29 is 4.74 Å². The van der Waals surface area contributed by atoms with E-state index >= 15 is 0 Å². The lowest BCUT2D eigenvalue weighted by atomic mass is 9.99. The second-order valence-electron chi connectivity index (χ2n) is 6.65. The Balaban J connectivity index is 0.00000261. The molecule has 2 aliphatic heterocycles. The van der Waals surface area contributed by atoms with Crippen molar-refractivity contribution in [2.75, 3.05) is 63.6 Å². The van der Waals surface area contributed by atoms with E-state index in [1.165, 1.54) is 0 Å². The van der Waals surface area contributed by atoms with E-state index in [9.17, 15) is 0 Å². The molecule has 7 nitrogen and oxygen atoms in total. The Morgan fingerprint density at radius 3 is 2.48 bits per heavy atom. The van der Waals surface area contributed by atoms with Crippen molar-refractivity contribution in [2.24, 2.45) is 4.99 Å². The molecule has 2 aliphatic rings. The Kier molecular flexibility index (Phi) is 9.37. The average Bonchev–Trinajstić information content (AvgIpc) is 2.71. The quantitative estimate of drug-likeness (QED) is 0.373. The standard InChI is InChI=1S/C18H30N6OS.HI/c1-3-26-18(5-13-25-14-6-18)15-22-16(19-2)23-9-11-24(12-10-23)17-20-7-4-8-21-17;/h4,7-8H,3,5-6,9-15H2,1-2H3,(H,19,22);1H. The molecule has 0 radical (unpaired) electrons. The number of hydrogen-bond acceptors (Lipinski definition) is 6. The molecular formula is C18H31IN6OS. The highest BCUT2D eigenvalue weighted by molar-refractivity contribution is 14.0. The summed E-state index contributed by atoms with van der Waals surface area (Å²) in [6.07, 6.45) is 5.81. The van der Waals surface area contributed by atoms with Gasteiger partial charge in [-0.3, -0.25) is 4.99 Å². The molecule has 0 atom stereocenters. The molecule has 0 saturated carbocycles. The van der Waals surface area contributed by atoms with Gasteiger partial charge in [-0.15, -0.1) is 24.0 Å². The lowest BCUT2D eigenvalue weighted by Crippen LogP contribution is -2.55. The van der Waals surface area contributed by atoms with Crippen LogP contribution in [-0.4, -0.2) is 84.3 Å². The number of ether oxygens (including phenoxy) is 1. The average molecular weight is 506 g/mol. The summed E-state index contributed by atoms with van der Waals surface area (Å²) >= 11 is 2.06. The van der Waals surface area contributed by atoms with E-state index in [2.05, 4.69) is 48.8 Å². The monoisotopic (exact) mass is 506 g/mol. The van der Waals surface area contributed by atoms with Crippen LogP contribution in [0.25, 0.3) is 0 Å². The van der Waals surface area contributed by atoms with E-state index in [0.29, 0.717) is 0 Å². The van der Waals surface area contributed by atoms with Gasteiger partial charge in [-0.2, -0.15) is 11.8 Å². The van der Waals surface area contributed by atoms with Crippen molar-refractivity contribution in [1.82, 2.24) is 20.2 Å². The fraction of sp³-hybridized carbons (Fsp3) is 0.722. The Bertz CT molecular complexity index is 571. The van der Waals surface area contributed by atoms with Crippen molar-refractivity contribution in [3.8, 4) is 0 Å². The van der Waals surface area contributed by atoms with E-state index in [-0.39, 0.29) is 28.7 Å². The molecule has 0 bridgehead atoms. The van der Waals surface area contributed by atoms with E-state index in [1.807, 2.05) is 13.1 Å². The molecule has 0 spiro atoms. The highest BCUT2D eigenvalue weighted by atomic mass is 127. The van der Waals surface area contributed by atoms with E-state index in [4.69, 9.17) is 4.74 Å². The van der Waals surface area contributed by atoms with Gasteiger partial charge in [0.15, 0.2) is 5.96 Å². The van der Waals surface area contributed by atoms with Crippen LogP contribution in [0.5, 0.6) is 0 Å². The smallest absolute Gasteiger partial charge is 0.225 e. The maximum atomic E-state index is 5.58. The molecule has 1 aromatic heterocycles. The predicted octanol–water partition coefficient (Wildman–Crippen LogP) is 2.09. The number of thioether (sulfide) groups is 1. The fourth-order valence-electron chi connectivity index (χ4n) is 3.57. The maximum Gasteiger partial charge on any atom is 0.225 e. The van der Waals surface area contributed by atoms with Gasteiger partial charge in [-0.05, 0) is 24.7 Å². The summed E-state index contributed by atoms with van der Waals surface area (Å²) in [6.45, 7) is 8.59. The summed E-state index contributed by atoms with van der Waals surface area (Å²) in [5, 5.41) is 3.64. The summed E-state index contributed by atoms with van der Waals surface area (Å²) in [7, 11) is 1.87. The van der Waals surface area contributed by atoms with E-state index in [0.717, 1.165) is 76.4 Å². The molecule has 0 amide bonds. The molecule has 9 heteroatoms. The summed E-state index contributed by atoms with van der Waals surface area (Å²) in [6, 6.07) is 1.85. The van der Waals surface area contributed by atoms with Gasteiger partial charge >= 0.3 is 0 Å². The number of hydrogen-bond donors (Lipinski definition) is 1. The Morgan fingerprint density at radius 2 is 1.89 bits per heavy atom. The summed E-state index contributed by atoms with van der Waals surface area (Å²) in [5.41, 5.74) is 0. The molecule has 27 heavy (non-hydrogen) atoms. The first-order valence-electron chi connectivity index (χ1n) is 9.45. The van der Waals surface area contributed by atoms with Crippen molar-refractivity contribution in [1.29, 1.82) is 0 Å². The normalized spacial score (nSPS) is 20.1. The van der Waals surface area contributed by atoms with E-state index in [1.54, 1.807) is 12.4 Å². The highest BCUT2D eigenvalue weighted by Crippen LogP contribution is 2.34. The fourth-order valence-corrected chi connectivity index (χ4v) is 4.81. The number of halogens is 1. The van der Waals surface area contributed by atoms with Crippen LogP contribution in [0, 0.1) is 0 Å². The minimum Gasteiger partial charge on any atom is -0.381 e. The van der Waals surface area contributed by atoms with Gasteiger partial charge < -0.3 is 19.9 Å². The van der Waals surface area contributed by atoms with Crippen LogP contribution >= 0.6 is 35.7 Å². The minimum absolute atomic E-state index is 0. The SMILES string of the molecule is CCSC1(CNC(=NC)N2CCN(c3ncccn3)CC2)CCOCC1.I. The number of aliphatic imine (C=N–C) groups is 1. The zero-order valence-electron chi connectivity index (χ0n) is 16.3. The molecular weight excluding hydrogens is 475 g/mol. The molecule has 2 fully saturated rings. The van der Waals surface area contributed by atoms with Gasteiger partial charge in [0, 0.05) is 70.1 Å². The number of nitrogens with one attached hydrogen (secondary N) is 1. The molecule has 3 heterocycles. The predicted molar refractivity (Wildman–Crippen MR) is 124 cm³/mol. The number of rotatable bonds is 5. The summed E-state index contributed by atoms with van der Waals surface area (Å²) in [5.74, 6) is 2.95. The molecule has 2 saturated heterocycles. The maximum absolute atomic E-state index is 5.58. The highest BCUT2D eigenvalue weighted by Gasteiger charge is 2.33. The van der Waals surface area contributed by atoms with Crippen molar-refractivity contribution in [3.63, 3.8) is 0 Å². The zero-order valence-corrected chi connectivity index (χ0v) is 19.4. The molecule has 0 unspecified atom stereocenters. The molecule has 0 aliphatic carbocycles. The van der Waals surface area contributed by atoms with Crippen LogP contribution in [-0.2, 0) is 4.74 Å². The van der Waals surface area contributed by atoms with Crippen molar-refractivity contribution in [2.45, 2.75) is 24.5 Å². The van der Waals surface area contributed by atoms with Gasteiger partial charge in [0.25, 0.3) is 0 Å². The van der Waals surface area contributed by atoms with Crippen LogP contribution in [0.2, 0.25) is 0 Å². The second-order valence-corrected chi connectivity index (χ2v) is 8.38. The summed E-state index contributed by atoms with van der Waals surface area (Å²) in [4.78, 5) is 17.8. The number of piperazine rings is 1. The first-order chi connectivity index (χ1) is 12.8. The Labute approximate surface area is 183 Å². The van der Waals surface area contributed by atoms with Crippen LogP contribution in [0.15, 0.2) is 23.5 Å². The van der Waals surface area contributed by atoms with Crippen LogP contribution in [0.4, 0.5) is 5.95 Å². The number of guanidine groups is 1. The largest absolute Gasteiger partial charge is 0.381 e. The third-order valence-corrected chi connectivity index (χ3v) is 6.50. The minimum atomic E-state index is 0. The number of anilines is 1. The summed E-state index contributed by atoms with van der Waals surface area (Å²) < 4.78 is 5.84. The van der Waals surface area contributed by atoms with Gasteiger partial charge in [0.2, 0.25) is 5.95 Å². The van der Waals surface area contributed by atoms with Crippen LogP contribution < -0.4 is 10.2 Å². The second kappa shape index (κ2) is 11.3. The van der Waals surface area contributed by atoms with Crippen LogP contribution in [0.1, 0.15) is 19.8 Å². The first kappa shape index (κ1) is 22.5. The van der Waals surface area contributed by atoms with Crippen molar-refractivity contribution in [3.05, 3.63) is 18.5 Å². The number of nitrogens with zero attached hydrogens (tertiary/aromatic N) is 5. The molecule has 152 valence electrons. The lowest BCUT2D eigenvalue weighted by Gasteiger charge is -2.40. The van der Waals surface area contributed by atoms with Gasteiger partial charge in [0.1, 0.15) is 0 Å². The third kappa shape index (κ3) is 6.08. The molecule has 0 aromatic carbocycles. The molecule has 3 rings (SSSR count).